The molecule has 0 saturated heterocycles. The van der Waals surface area contributed by atoms with Gasteiger partial charge in [0.05, 0.1) is 6.61 Å². The molecule has 0 heterocycles. The Labute approximate surface area is 106 Å². The first kappa shape index (κ1) is 13.3. The van der Waals surface area contributed by atoms with E-state index in [9.17, 15) is 8.78 Å². The van der Waals surface area contributed by atoms with E-state index in [0.717, 1.165) is 18.9 Å². The fourth-order valence-electron chi connectivity index (χ4n) is 2.48. The number of hydrogen-bond acceptors (Lipinski definition) is 2. The van der Waals surface area contributed by atoms with Gasteiger partial charge >= 0.3 is 0 Å². The average Bonchev–Trinajstić information content (AvgIpc) is 2.81. The van der Waals surface area contributed by atoms with Gasteiger partial charge < -0.3 is 10.1 Å². The fraction of sp³-hybridized carbons (Fsp3) is 0.571. The summed E-state index contributed by atoms with van der Waals surface area (Å²) in [6.07, 6.45) is 4.74. The minimum atomic E-state index is -0.613. The zero-order valence-corrected chi connectivity index (χ0v) is 10.6. The summed E-state index contributed by atoms with van der Waals surface area (Å²) in [5.74, 6) is -0.473. The number of rotatable bonds is 5. The Morgan fingerprint density at radius 1 is 1.28 bits per heavy atom. The molecular weight excluding hydrogens is 236 g/mol. The summed E-state index contributed by atoms with van der Waals surface area (Å²) in [5.41, 5.74) is 0.535. The molecule has 0 spiro atoms. The van der Waals surface area contributed by atoms with Gasteiger partial charge in [-0.1, -0.05) is 12.8 Å². The number of ether oxygens (including phenoxy) is 1. The lowest BCUT2D eigenvalue weighted by Crippen LogP contribution is -2.13. The molecule has 0 aromatic heterocycles. The van der Waals surface area contributed by atoms with Gasteiger partial charge in [0.25, 0.3) is 0 Å². The summed E-state index contributed by atoms with van der Waals surface area (Å²) in [4.78, 5) is 0. The van der Waals surface area contributed by atoms with Crippen LogP contribution in [-0.2, 0) is 6.54 Å². The van der Waals surface area contributed by atoms with E-state index >= 15 is 0 Å². The van der Waals surface area contributed by atoms with E-state index in [4.69, 9.17) is 4.74 Å². The maximum Gasteiger partial charge on any atom is 0.168 e. The smallest absolute Gasteiger partial charge is 0.168 e. The second kappa shape index (κ2) is 6.14. The molecule has 1 N–H and O–H groups in total. The second-order valence-electron chi connectivity index (χ2n) is 4.87. The Bertz CT molecular complexity index is 403. The first-order valence-electron chi connectivity index (χ1n) is 6.46. The van der Waals surface area contributed by atoms with Crippen LogP contribution < -0.4 is 10.1 Å². The van der Waals surface area contributed by atoms with Crippen LogP contribution in [0.3, 0.4) is 0 Å². The van der Waals surface area contributed by atoms with Crippen LogP contribution in [0.25, 0.3) is 0 Å². The lowest BCUT2D eigenvalue weighted by Gasteiger charge is -2.15. The van der Waals surface area contributed by atoms with Gasteiger partial charge in [0.1, 0.15) is 5.82 Å². The third-order valence-electron chi connectivity index (χ3n) is 3.39. The van der Waals surface area contributed by atoms with Crippen molar-refractivity contribution in [1.82, 2.24) is 5.32 Å². The van der Waals surface area contributed by atoms with Crippen LogP contribution in [0, 0.1) is 17.6 Å². The van der Waals surface area contributed by atoms with Gasteiger partial charge in [0, 0.05) is 18.2 Å². The second-order valence-corrected chi connectivity index (χ2v) is 4.87. The monoisotopic (exact) mass is 255 g/mol. The third kappa shape index (κ3) is 3.19. The quantitative estimate of drug-likeness (QED) is 0.872. The average molecular weight is 255 g/mol. The van der Waals surface area contributed by atoms with Crippen molar-refractivity contribution in [3.63, 3.8) is 0 Å². The van der Waals surface area contributed by atoms with Gasteiger partial charge in [-0.15, -0.1) is 0 Å². The summed E-state index contributed by atoms with van der Waals surface area (Å²) in [6, 6.07) is 2.20. The van der Waals surface area contributed by atoms with Crippen LogP contribution in [-0.4, -0.2) is 13.7 Å². The highest BCUT2D eigenvalue weighted by molar-refractivity contribution is 5.35. The zero-order chi connectivity index (χ0) is 13.0. The van der Waals surface area contributed by atoms with Gasteiger partial charge in [-0.2, -0.15) is 0 Å². The molecule has 1 aromatic carbocycles. The highest BCUT2D eigenvalue weighted by Gasteiger charge is 2.18. The first-order chi connectivity index (χ1) is 8.70. The van der Waals surface area contributed by atoms with Crippen LogP contribution in [0.2, 0.25) is 0 Å². The summed E-state index contributed by atoms with van der Waals surface area (Å²) >= 11 is 0. The molecule has 18 heavy (non-hydrogen) atoms. The van der Waals surface area contributed by atoms with E-state index in [1.54, 1.807) is 7.05 Å². The van der Waals surface area contributed by atoms with Crippen molar-refractivity contribution in [3.8, 4) is 5.75 Å². The van der Waals surface area contributed by atoms with Crippen molar-refractivity contribution in [1.29, 1.82) is 0 Å². The molecule has 1 aromatic rings. The summed E-state index contributed by atoms with van der Waals surface area (Å²) < 4.78 is 32.4. The van der Waals surface area contributed by atoms with E-state index in [0.29, 0.717) is 24.6 Å². The predicted octanol–water partition coefficient (Wildman–Crippen LogP) is 3.25. The topological polar surface area (TPSA) is 21.3 Å². The van der Waals surface area contributed by atoms with Gasteiger partial charge in [0.15, 0.2) is 11.6 Å². The summed E-state index contributed by atoms with van der Waals surface area (Å²) in [5, 5.41) is 2.89. The zero-order valence-electron chi connectivity index (χ0n) is 10.6. The molecule has 2 rings (SSSR count). The van der Waals surface area contributed by atoms with Gasteiger partial charge in [0.2, 0.25) is 0 Å². The van der Waals surface area contributed by atoms with Crippen LogP contribution in [0.5, 0.6) is 5.75 Å². The van der Waals surface area contributed by atoms with Crippen LogP contribution in [0.15, 0.2) is 12.1 Å². The Kier molecular flexibility index (Phi) is 4.53. The number of nitrogens with one attached hydrogen (secondary N) is 1. The van der Waals surface area contributed by atoms with Crippen molar-refractivity contribution in [2.75, 3.05) is 13.7 Å². The van der Waals surface area contributed by atoms with Crippen molar-refractivity contribution in [3.05, 3.63) is 29.3 Å². The number of halogens is 2. The SMILES string of the molecule is CNCc1cc(F)cc(F)c1OCC1CCCC1. The molecule has 100 valence electrons. The number of hydrogen-bond donors (Lipinski definition) is 1. The minimum absolute atomic E-state index is 0.192. The van der Waals surface area contributed by atoms with E-state index in [2.05, 4.69) is 5.32 Å². The van der Waals surface area contributed by atoms with Crippen LogP contribution in [0.4, 0.5) is 8.78 Å². The molecule has 0 radical (unpaired) electrons. The maximum atomic E-state index is 13.7. The van der Waals surface area contributed by atoms with E-state index in [1.807, 2.05) is 0 Å². The molecule has 0 amide bonds. The molecule has 0 unspecified atom stereocenters. The lowest BCUT2D eigenvalue weighted by atomic mass is 10.1. The molecule has 1 aliphatic carbocycles. The van der Waals surface area contributed by atoms with Crippen molar-refractivity contribution in [2.24, 2.45) is 5.92 Å². The van der Waals surface area contributed by atoms with Crippen molar-refractivity contribution < 1.29 is 13.5 Å². The Hall–Kier alpha value is -1.16. The molecule has 0 atom stereocenters. The predicted molar refractivity (Wildman–Crippen MR) is 66.6 cm³/mol. The summed E-state index contributed by atoms with van der Waals surface area (Å²) in [6.45, 7) is 0.925. The maximum absolute atomic E-state index is 13.7. The normalized spacial score (nSPS) is 16.2. The largest absolute Gasteiger partial charge is 0.490 e. The standard InChI is InChI=1S/C14H19F2NO/c1-17-8-11-6-12(15)7-13(16)14(11)18-9-10-4-2-3-5-10/h6-7,10,17H,2-5,8-9H2,1H3. The highest BCUT2D eigenvalue weighted by Crippen LogP contribution is 2.29. The molecular formula is C14H19F2NO. The number of benzene rings is 1. The molecule has 0 aliphatic heterocycles. The van der Waals surface area contributed by atoms with Gasteiger partial charge in [-0.3, -0.25) is 0 Å². The lowest BCUT2D eigenvalue weighted by molar-refractivity contribution is 0.239. The first-order valence-corrected chi connectivity index (χ1v) is 6.46. The molecule has 2 nitrogen and oxygen atoms in total. The Morgan fingerprint density at radius 2 is 2.00 bits per heavy atom. The molecule has 1 aliphatic rings. The minimum Gasteiger partial charge on any atom is -0.490 e. The van der Waals surface area contributed by atoms with Gasteiger partial charge in [-0.25, -0.2) is 8.78 Å². The Balaban J connectivity index is 2.09. The van der Waals surface area contributed by atoms with E-state index < -0.39 is 11.6 Å². The fourth-order valence-corrected chi connectivity index (χ4v) is 2.48. The van der Waals surface area contributed by atoms with E-state index in [-0.39, 0.29) is 5.75 Å². The molecule has 4 heteroatoms. The van der Waals surface area contributed by atoms with Crippen molar-refractivity contribution >= 4 is 0 Å². The molecule has 1 fully saturated rings. The highest BCUT2D eigenvalue weighted by atomic mass is 19.1. The van der Waals surface area contributed by atoms with E-state index in [1.165, 1.54) is 18.9 Å². The Morgan fingerprint density at radius 3 is 2.67 bits per heavy atom. The van der Waals surface area contributed by atoms with Crippen LogP contribution >= 0.6 is 0 Å². The van der Waals surface area contributed by atoms with Gasteiger partial charge in [-0.05, 0) is 31.9 Å². The third-order valence-corrected chi connectivity index (χ3v) is 3.39. The molecule has 1 saturated carbocycles. The van der Waals surface area contributed by atoms with Crippen LogP contribution in [0.1, 0.15) is 31.2 Å². The summed E-state index contributed by atoms with van der Waals surface area (Å²) in [7, 11) is 1.74. The molecule has 0 bridgehead atoms. The van der Waals surface area contributed by atoms with Crippen molar-refractivity contribution in [2.45, 2.75) is 32.2 Å².